The van der Waals surface area contributed by atoms with Gasteiger partial charge in [0.15, 0.2) is 0 Å². The van der Waals surface area contributed by atoms with Crippen molar-refractivity contribution in [3.05, 3.63) is 123 Å². The summed E-state index contributed by atoms with van der Waals surface area (Å²) in [5, 5.41) is 9.12. The smallest absolute Gasteiger partial charge is 0.407 e. The Hall–Kier alpha value is -7.36. The third-order valence-corrected chi connectivity index (χ3v) is 13.9. The quantitative estimate of drug-likeness (QED) is 0.0954. The van der Waals surface area contributed by atoms with Gasteiger partial charge in [-0.05, 0) is 87.1 Å². The molecule has 4 aliphatic rings. The summed E-state index contributed by atoms with van der Waals surface area (Å²) in [5.41, 5.74) is 9.76. The Bertz CT molecular complexity index is 2990. The fourth-order valence-corrected chi connectivity index (χ4v) is 10.4. The summed E-state index contributed by atoms with van der Waals surface area (Å²) in [6.07, 6.45) is 3.40. The van der Waals surface area contributed by atoms with Gasteiger partial charge in [-0.2, -0.15) is 9.97 Å². The van der Waals surface area contributed by atoms with Gasteiger partial charge >= 0.3 is 12.1 Å². The first-order chi connectivity index (χ1) is 33.3. The third-order valence-electron chi connectivity index (χ3n) is 13.9. The highest BCUT2D eigenvalue weighted by atomic mass is 19.1. The molecule has 9 rings (SSSR count). The molecule has 69 heavy (non-hydrogen) atoms. The third kappa shape index (κ3) is 8.95. The molecule has 5 heterocycles. The van der Waals surface area contributed by atoms with E-state index in [9.17, 15) is 19.2 Å². The molecule has 2 aromatic heterocycles. The van der Waals surface area contributed by atoms with Crippen molar-refractivity contribution in [1.82, 2.24) is 35.4 Å². The number of halogens is 1. The first-order valence-corrected chi connectivity index (χ1v) is 23.6. The molecule has 15 nitrogen and oxygen atoms in total. The lowest BCUT2D eigenvalue weighted by Crippen LogP contribution is -2.50. The van der Waals surface area contributed by atoms with E-state index in [0.29, 0.717) is 86.0 Å². The number of alkyl carbamates (subject to hydrolysis) is 1. The van der Waals surface area contributed by atoms with Crippen molar-refractivity contribution in [2.75, 3.05) is 62.8 Å². The summed E-state index contributed by atoms with van der Waals surface area (Å²) in [4.78, 5) is 75.2. The van der Waals surface area contributed by atoms with Crippen molar-refractivity contribution in [1.29, 1.82) is 0 Å². The van der Waals surface area contributed by atoms with Gasteiger partial charge in [0.05, 0.1) is 48.8 Å². The lowest BCUT2D eigenvalue weighted by Gasteiger charge is -2.38. The largest absolute Gasteiger partial charge is 0.467 e. The summed E-state index contributed by atoms with van der Waals surface area (Å²) in [6.45, 7) is 18.7. The number of allylic oxidation sites excluding steroid dienone is 1. The summed E-state index contributed by atoms with van der Waals surface area (Å²) < 4.78 is 26.1. The highest BCUT2D eigenvalue weighted by Crippen LogP contribution is 2.45. The molecule has 0 spiro atoms. The van der Waals surface area contributed by atoms with Gasteiger partial charge in [-0.15, -0.1) is 0 Å². The second-order valence-corrected chi connectivity index (χ2v) is 18.3. The van der Waals surface area contributed by atoms with E-state index in [-0.39, 0.29) is 55.2 Å². The van der Waals surface area contributed by atoms with Gasteiger partial charge < -0.3 is 39.7 Å². The van der Waals surface area contributed by atoms with Crippen LogP contribution in [-0.4, -0.2) is 102 Å². The number of aromatic nitrogens is 3. The van der Waals surface area contributed by atoms with Crippen LogP contribution in [0.4, 0.5) is 20.7 Å². The van der Waals surface area contributed by atoms with E-state index in [2.05, 4.69) is 76.9 Å². The number of ether oxygens (including phenoxy) is 2. The maximum absolute atomic E-state index is 15.2. The van der Waals surface area contributed by atoms with Crippen molar-refractivity contribution < 1.29 is 33.0 Å². The van der Waals surface area contributed by atoms with Crippen LogP contribution in [0.15, 0.2) is 72.8 Å². The van der Waals surface area contributed by atoms with Crippen molar-refractivity contribution in [2.24, 2.45) is 0 Å². The van der Waals surface area contributed by atoms with Crippen molar-refractivity contribution >= 4 is 62.7 Å². The van der Waals surface area contributed by atoms with Gasteiger partial charge in [0.25, 0.3) is 11.8 Å². The number of carbonyl (C=O) groups excluding carboxylic acids is 4. The van der Waals surface area contributed by atoms with Gasteiger partial charge in [-0.1, -0.05) is 49.6 Å². The van der Waals surface area contributed by atoms with E-state index in [1.54, 1.807) is 30.8 Å². The Kier molecular flexibility index (Phi) is 13.1. The topological polar surface area (TPSA) is 162 Å². The van der Waals surface area contributed by atoms with Gasteiger partial charge in [-0.3, -0.25) is 14.4 Å². The minimum absolute atomic E-state index is 0.119. The molecule has 1 fully saturated rings. The maximum Gasteiger partial charge on any atom is 0.407 e. The molecule has 0 saturated carbocycles. The minimum Gasteiger partial charge on any atom is -0.467 e. The first kappa shape index (κ1) is 46.7. The Balaban J connectivity index is 0.752. The molecular weight excluding hydrogens is 878 g/mol. The monoisotopic (exact) mass is 935 g/mol. The molecule has 1 saturated heterocycles. The average molecular weight is 936 g/mol. The predicted octanol–water partition coefficient (Wildman–Crippen LogP) is 7.30. The summed E-state index contributed by atoms with van der Waals surface area (Å²) in [5.74, 6) is -0.251. The summed E-state index contributed by atoms with van der Waals surface area (Å²) >= 11 is 0. The van der Waals surface area contributed by atoms with Gasteiger partial charge in [-0.25, -0.2) is 14.2 Å². The van der Waals surface area contributed by atoms with Crippen LogP contribution in [0.1, 0.15) is 83.9 Å². The van der Waals surface area contributed by atoms with E-state index in [4.69, 9.17) is 24.4 Å². The number of anilines is 2. The molecule has 1 unspecified atom stereocenters. The molecule has 0 radical (unpaired) electrons. The van der Waals surface area contributed by atoms with Crippen LogP contribution < -0.4 is 25.2 Å². The number of aryl methyl sites for hydroxylation is 2. The highest BCUT2D eigenvalue weighted by Gasteiger charge is 2.38. The Morgan fingerprint density at radius 1 is 0.899 bits per heavy atom. The van der Waals surface area contributed by atoms with Crippen LogP contribution >= 0.6 is 0 Å². The summed E-state index contributed by atoms with van der Waals surface area (Å²) in [6, 6.07) is 14.1. The van der Waals surface area contributed by atoms with Crippen LogP contribution in [0.25, 0.3) is 27.4 Å². The number of methoxy groups -OCH3 is 1. The number of nitrogens with one attached hydrogen (secondary N) is 2. The number of piperazine rings is 1. The van der Waals surface area contributed by atoms with Crippen molar-refractivity contribution in [2.45, 2.75) is 78.9 Å². The van der Waals surface area contributed by atoms with Crippen LogP contribution in [-0.2, 0) is 45.1 Å². The van der Waals surface area contributed by atoms with Crippen molar-refractivity contribution in [3.8, 4) is 6.01 Å². The van der Waals surface area contributed by atoms with Crippen LogP contribution in [0, 0.1) is 19.7 Å². The molecule has 5 aromatic rings. The number of fused-ring (bicyclic) bond motifs is 4. The van der Waals surface area contributed by atoms with Gasteiger partial charge in [0.2, 0.25) is 5.91 Å². The summed E-state index contributed by atoms with van der Waals surface area (Å²) in [7, 11) is 1.57. The van der Waals surface area contributed by atoms with E-state index in [1.165, 1.54) is 28.1 Å². The number of carbonyl (C=O) groups is 4. The first-order valence-electron chi connectivity index (χ1n) is 23.6. The second kappa shape index (κ2) is 19.3. The molecule has 0 bridgehead atoms. The SMILES string of the molecule is C=C(C)C(=O)N1Cc2c(nc3cc(F)c(C)c4c3c2C(NC(=O)CCCNC(=O)OCC(=C)C(=O)N2CCN(c3nc(OC)nc5c3CCN(c3cccc6cccc(C)c36)C5)CC2)CC4)/C1=C/C. The van der Waals surface area contributed by atoms with E-state index < -0.39 is 12.1 Å². The van der Waals surface area contributed by atoms with Crippen molar-refractivity contribution in [3.63, 3.8) is 0 Å². The second-order valence-electron chi connectivity index (χ2n) is 18.3. The fourth-order valence-electron chi connectivity index (χ4n) is 10.4. The number of pyridine rings is 1. The lowest BCUT2D eigenvalue weighted by molar-refractivity contribution is -0.128. The van der Waals surface area contributed by atoms with Crippen LogP contribution in [0.2, 0.25) is 0 Å². The number of amides is 4. The normalized spacial score (nSPS) is 16.9. The number of rotatable bonds is 12. The van der Waals surface area contributed by atoms with Gasteiger partial charge in [0.1, 0.15) is 18.2 Å². The molecule has 3 aliphatic heterocycles. The van der Waals surface area contributed by atoms with E-state index in [1.807, 2.05) is 13.0 Å². The van der Waals surface area contributed by atoms with Gasteiger partial charge in [0, 0.05) is 90.5 Å². The fraction of sp³-hybridized carbons (Fsp3) is 0.377. The molecule has 1 aliphatic carbocycles. The zero-order chi connectivity index (χ0) is 48.7. The van der Waals surface area contributed by atoms with Crippen LogP contribution in [0.3, 0.4) is 0 Å². The standard InChI is InChI=1S/C53H58FN9O6/c1-8-42-48-37(27-63(42)50(65)30(2)3)47-39(18-17-35-33(6)38(54)26-40(57-48)46(35)47)56-44(64)16-11-20-55-53(67)69-29-32(5)51(66)61-24-22-60(23-25-61)49-36-19-21-62(28-41(36)58-52(59-49)68-7)43-15-10-14-34-13-9-12-31(4)45(34)43/h8-10,12-15,26,39H,2,5,11,16-25,27-29H2,1,3-4,6-7H3,(H,55,67)(H,56,64)/b42-8-. The molecule has 2 N–H and O–H groups in total. The average Bonchev–Trinajstić information content (AvgIpc) is 3.73. The molecule has 4 amide bonds. The molecule has 358 valence electrons. The number of benzene rings is 3. The number of hydrogen-bond acceptors (Lipinski definition) is 11. The van der Waals surface area contributed by atoms with E-state index in [0.717, 1.165) is 52.1 Å². The Morgan fingerprint density at radius 3 is 2.41 bits per heavy atom. The predicted molar refractivity (Wildman–Crippen MR) is 263 cm³/mol. The maximum atomic E-state index is 15.2. The Labute approximate surface area is 401 Å². The molecular formula is C53H58FN9O6. The minimum atomic E-state index is -0.722. The van der Waals surface area contributed by atoms with Crippen LogP contribution in [0.5, 0.6) is 6.01 Å². The molecule has 3 aromatic carbocycles. The number of hydrogen-bond donors (Lipinski definition) is 2. The highest BCUT2D eigenvalue weighted by molar-refractivity contribution is 6.01. The molecule has 1 atom stereocenters. The zero-order valence-electron chi connectivity index (χ0n) is 40.0. The number of nitrogens with zero attached hydrogens (tertiary/aromatic N) is 7. The molecule has 16 heteroatoms. The lowest BCUT2D eigenvalue weighted by atomic mass is 9.81. The Morgan fingerprint density at radius 2 is 1.67 bits per heavy atom. The van der Waals surface area contributed by atoms with E-state index >= 15 is 4.39 Å². The zero-order valence-corrected chi connectivity index (χ0v) is 40.0.